The number of aliphatic hydroxyl groups is 2. The number of nitrogens with two attached hydrogens (primary N) is 1. The minimum atomic E-state index is -0.729. The molecule has 0 amide bonds. The van der Waals surface area contributed by atoms with Crippen molar-refractivity contribution in [2.24, 2.45) is 0 Å². The van der Waals surface area contributed by atoms with Crippen LogP contribution in [-0.2, 0) is 13.0 Å². The summed E-state index contributed by atoms with van der Waals surface area (Å²) in [4.78, 5) is 2.14. The number of nitrogens with zero attached hydrogens (tertiary/aromatic N) is 5. The summed E-state index contributed by atoms with van der Waals surface area (Å²) in [5, 5.41) is 33.8. The van der Waals surface area contributed by atoms with Gasteiger partial charge in [0.2, 0.25) is 5.13 Å². The summed E-state index contributed by atoms with van der Waals surface area (Å²) in [7, 11) is 0. The van der Waals surface area contributed by atoms with Gasteiger partial charge in [0.15, 0.2) is 0 Å². The zero-order valence-electron chi connectivity index (χ0n) is 17.9. The number of anilines is 1. The molecule has 4 rings (SSSR count). The molecule has 9 nitrogen and oxygen atoms in total. The quantitative estimate of drug-likeness (QED) is 0.471. The van der Waals surface area contributed by atoms with Crippen molar-refractivity contribution in [3.05, 3.63) is 35.2 Å². The van der Waals surface area contributed by atoms with Crippen LogP contribution in [0.2, 0.25) is 0 Å². The number of rotatable bonds is 7. The van der Waals surface area contributed by atoms with Crippen LogP contribution >= 0.6 is 11.3 Å². The minimum absolute atomic E-state index is 0.0536. The Morgan fingerprint density at radius 2 is 2.10 bits per heavy atom. The van der Waals surface area contributed by atoms with Gasteiger partial charge in [-0.2, -0.15) is 5.10 Å². The molecule has 3 heterocycles. The van der Waals surface area contributed by atoms with Crippen LogP contribution in [0.4, 0.5) is 5.69 Å². The number of aliphatic hydroxyl groups excluding tert-OH is 2. The first-order chi connectivity index (χ1) is 14.9. The average Bonchev–Trinajstić information content (AvgIpc) is 3.34. The van der Waals surface area contributed by atoms with Crippen molar-refractivity contribution in [1.29, 1.82) is 0 Å². The third-order valence-electron chi connectivity index (χ3n) is 5.26. The first-order valence-corrected chi connectivity index (χ1v) is 11.2. The van der Waals surface area contributed by atoms with Gasteiger partial charge in [-0.15, -0.1) is 10.2 Å². The van der Waals surface area contributed by atoms with Gasteiger partial charge in [0.05, 0.1) is 30.2 Å². The van der Waals surface area contributed by atoms with Gasteiger partial charge in [-0.25, -0.2) is 4.68 Å². The van der Waals surface area contributed by atoms with Crippen molar-refractivity contribution in [1.82, 2.24) is 24.9 Å². The van der Waals surface area contributed by atoms with Gasteiger partial charge in [0.1, 0.15) is 10.8 Å². The highest BCUT2D eigenvalue weighted by molar-refractivity contribution is 7.17. The number of benzene rings is 1. The van der Waals surface area contributed by atoms with Crippen LogP contribution in [0, 0.1) is 6.92 Å². The molecular formula is C21H28N6O3S. The predicted octanol–water partition coefficient (Wildman–Crippen LogP) is 1.78. The molecule has 0 unspecified atom stereocenters. The van der Waals surface area contributed by atoms with E-state index in [-0.39, 0.29) is 12.7 Å². The van der Waals surface area contributed by atoms with Gasteiger partial charge < -0.3 is 20.7 Å². The maximum Gasteiger partial charge on any atom is 0.233 e. The van der Waals surface area contributed by atoms with Crippen molar-refractivity contribution in [2.75, 3.05) is 25.4 Å². The molecule has 1 atom stereocenters. The van der Waals surface area contributed by atoms with E-state index in [1.807, 2.05) is 43.7 Å². The minimum Gasteiger partial charge on any atom is -0.489 e. The Morgan fingerprint density at radius 3 is 2.81 bits per heavy atom. The van der Waals surface area contributed by atoms with E-state index in [2.05, 4.69) is 15.1 Å². The lowest BCUT2D eigenvalue weighted by atomic mass is 10.1. The largest absolute Gasteiger partial charge is 0.489 e. The summed E-state index contributed by atoms with van der Waals surface area (Å²) in [5.74, 6) is 0.662. The summed E-state index contributed by atoms with van der Waals surface area (Å²) >= 11 is 1.46. The molecule has 166 valence electrons. The molecular weight excluding hydrogens is 416 g/mol. The third-order valence-corrected chi connectivity index (χ3v) is 6.21. The number of aromatic nitrogens is 4. The number of ether oxygens (including phenoxy) is 1. The molecule has 3 aromatic rings. The molecule has 0 saturated heterocycles. The molecule has 0 fully saturated rings. The van der Waals surface area contributed by atoms with E-state index in [0.717, 1.165) is 40.5 Å². The van der Waals surface area contributed by atoms with Crippen LogP contribution in [0.1, 0.15) is 30.8 Å². The van der Waals surface area contributed by atoms with E-state index in [1.165, 1.54) is 11.3 Å². The Hall–Kier alpha value is -2.53. The molecule has 10 heteroatoms. The summed E-state index contributed by atoms with van der Waals surface area (Å²) in [6.45, 7) is 7.65. The van der Waals surface area contributed by atoms with Crippen LogP contribution in [0.15, 0.2) is 18.2 Å². The second-order valence-electron chi connectivity index (χ2n) is 8.05. The van der Waals surface area contributed by atoms with Gasteiger partial charge in [-0.3, -0.25) is 4.90 Å². The van der Waals surface area contributed by atoms with Crippen LogP contribution in [-0.4, -0.2) is 67.0 Å². The maximum absolute atomic E-state index is 9.76. The Balaban J connectivity index is 1.56. The normalized spacial score (nSPS) is 15.3. The second kappa shape index (κ2) is 8.91. The lowest BCUT2D eigenvalue weighted by molar-refractivity contribution is 0.0549. The van der Waals surface area contributed by atoms with Crippen molar-refractivity contribution >= 4 is 17.0 Å². The standard InChI is InChI=1S/C21H28N6O3S/c1-12(2)30-19-5-4-14(8-17(19)22)20-23-24-21(31-20)27-13(3)16-10-26(9-15(29)11-28)7-6-18(16)25-27/h4-5,8,12,15,28-29H,6-7,9-11,22H2,1-3H3/t15-/m0/s1. The van der Waals surface area contributed by atoms with E-state index >= 15 is 0 Å². The first-order valence-electron chi connectivity index (χ1n) is 10.3. The Morgan fingerprint density at radius 1 is 1.29 bits per heavy atom. The van der Waals surface area contributed by atoms with Gasteiger partial charge in [-0.1, -0.05) is 11.3 Å². The second-order valence-corrected chi connectivity index (χ2v) is 9.01. The summed E-state index contributed by atoms with van der Waals surface area (Å²) in [6, 6.07) is 5.65. The van der Waals surface area contributed by atoms with Gasteiger partial charge >= 0.3 is 0 Å². The molecule has 1 aromatic carbocycles. The van der Waals surface area contributed by atoms with E-state index in [1.54, 1.807) is 0 Å². The number of β-amino-alcohol motifs (C(OH)–C–C–N with tert-alkyl or cyclic N) is 1. The first kappa shape index (κ1) is 21.7. The number of fused-ring (bicyclic) bond motifs is 1. The van der Waals surface area contributed by atoms with E-state index < -0.39 is 6.10 Å². The molecule has 1 aliphatic heterocycles. The monoisotopic (exact) mass is 444 g/mol. The number of hydrogen-bond acceptors (Lipinski definition) is 9. The van der Waals surface area contributed by atoms with Gasteiger partial charge in [-0.05, 0) is 39.0 Å². The van der Waals surface area contributed by atoms with Crippen LogP contribution in [0.5, 0.6) is 5.75 Å². The predicted molar refractivity (Wildman–Crippen MR) is 119 cm³/mol. The Kier molecular flexibility index (Phi) is 6.24. The van der Waals surface area contributed by atoms with Gasteiger partial charge in [0.25, 0.3) is 0 Å². The maximum atomic E-state index is 9.76. The highest BCUT2D eigenvalue weighted by Gasteiger charge is 2.25. The van der Waals surface area contributed by atoms with E-state index in [4.69, 9.17) is 20.7 Å². The van der Waals surface area contributed by atoms with Crippen molar-refractivity contribution in [3.63, 3.8) is 0 Å². The molecule has 31 heavy (non-hydrogen) atoms. The molecule has 0 radical (unpaired) electrons. The molecule has 4 N–H and O–H groups in total. The van der Waals surface area contributed by atoms with E-state index in [0.29, 0.717) is 29.7 Å². The van der Waals surface area contributed by atoms with E-state index in [9.17, 15) is 5.11 Å². The topological polar surface area (TPSA) is 123 Å². The highest BCUT2D eigenvalue weighted by Crippen LogP contribution is 2.33. The molecule has 1 aliphatic rings. The van der Waals surface area contributed by atoms with Crippen LogP contribution < -0.4 is 10.5 Å². The van der Waals surface area contributed by atoms with Crippen molar-refractivity contribution in [2.45, 2.75) is 45.9 Å². The SMILES string of the molecule is Cc1c2c(nn1-c1nnc(-c3ccc(OC(C)C)c(N)c3)s1)CCN(C[C@H](O)CO)C2. The fourth-order valence-electron chi connectivity index (χ4n) is 3.72. The summed E-state index contributed by atoms with van der Waals surface area (Å²) in [6.07, 6.45) is 0.117. The zero-order chi connectivity index (χ0) is 22.1. The number of nitrogen functional groups attached to an aromatic ring is 1. The fourth-order valence-corrected chi connectivity index (χ4v) is 4.57. The lowest BCUT2D eigenvalue weighted by Gasteiger charge is -2.27. The molecule has 0 bridgehead atoms. The lowest BCUT2D eigenvalue weighted by Crippen LogP contribution is -2.37. The number of hydrogen-bond donors (Lipinski definition) is 3. The fraction of sp³-hybridized carbons (Fsp3) is 0.476. The smallest absolute Gasteiger partial charge is 0.233 e. The Bertz CT molecular complexity index is 1060. The zero-order valence-corrected chi connectivity index (χ0v) is 18.8. The molecule has 0 aliphatic carbocycles. The molecule has 2 aromatic heterocycles. The van der Waals surface area contributed by atoms with Crippen molar-refractivity contribution < 1.29 is 14.9 Å². The highest BCUT2D eigenvalue weighted by atomic mass is 32.1. The van der Waals surface area contributed by atoms with Crippen LogP contribution in [0.25, 0.3) is 15.7 Å². The molecule has 0 spiro atoms. The summed E-state index contributed by atoms with van der Waals surface area (Å²) in [5.41, 5.74) is 10.8. The Labute approximate surface area is 185 Å². The average molecular weight is 445 g/mol. The molecule has 0 saturated carbocycles. The van der Waals surface area contributed by atoms with Gasteiger partial charge in [0, 0.05) is 42.9 Å². The van der Waals surface area contributed by atoms with Crippen molar-refractivity contribution in [3.8, 4) is 21.5 Å². The van der Waals surface area contributed by atoms with Crippen LogP contribution in [0.3, 0.4) is 0 Å². The summed E-state index contributed by atoms with van der Waals surface area (Å²) < 4.78 is 7.55. The third kappa shape index (κ3) is 4.57.